The average Bonchev–Trinajstić information content (AvgIpc) is 3.20. The molecule has 3 aromatic rings. The highest BCUT2D eigenvalue weighted by Crippen LogP contribution is 2.26. The van der Waals surface area contributed by atoms with Crippen molar-refractivity contribution in [3.63, 3.8) is 0 Å². The minimum atomic E-state index is 0.0256. The van der Waals surface area contributed by atoms with Gasteiger partial charge in [0.2, 0.25) is 5.91 Å². The highest BCUT2D eigenvalue weighted by atomic mass is 16.5. The predicted molar refractivity (Wildman–Crippen MR) is 116 cm³/mol. The van der Waals surface area contributed by atoms with Gasteiger partial charge in [-0.1, -0.05) is 0 Å². The lowest BCUT2D eigenvalue weighted by Crippen LogP contribution is -2.37. The van der Waals surface area contributed by atoms with Gasteiger partial charge in [-0.25, -0.2) is 9.97 Å². The van der Waals surface area contributed by atoms with Crippen molar-refractivity contribution in [2.45, 2.75) is 31.7 Å². The quantitative estimate of drug-likeness (QED) is 0.584. The van der Waals surface area contributed by atoms with Crippen LogP contribution in [0.15, 0.2) is 36.8 Å². The van der Waals surface area contributed by atoms with Crippen molar-refractivity contribution in [2.75, 3.05) is 25.6 Å². The standard InChI is InChI=1S/C22H28N6O2/c1-28-14-17(13-25-28)19-8-5-16-12-24-21(11-20(16)26-19)27-22(29)15-3-6-18(7-4-15)23-9-10-30-2/h5,8,11-15,18,23H,3-4,6-7,9-10H2,1-2H3,(H,24,27,29). The first-order valence-electron chi connectivity index (χ1n) is 10.4. The fourth-order valence-corrected chi connectivity index (χ4v) is 3.95. The molecule has 8 heteroatoms. The Bertz CT molecular complexity index is 1010. The summed E-state index contributed by atoms with van der Waals surface area (Å²) < 4.78 is 6.83. The second kappa shape index (κ2) is 9.32. The summed E-state index contributed by atoms with van der Waals surface area (Å²) in [5.41, 5.74) is 2.60. The van der Waals surface area contributed by atoms with Gasteiger partial charge in [-0.3, -0.25) is 9.48 Å². The Balaban J connectivity index is 1.39. The van der Waals surface area contributed by atoms with E-state index in [1.807, 2.05) is 31.4 Å². The molecule has 0 aromatic carbocycles. The molecule has 2 N–H and O–H groups in total. The summed E-state index contributed by atoms with van der Waals surface area (Å²) in [6.07, 6.45) is 9.24. The number of ether oxygens (including phenoxy) is 1. The minimum Gasteiger partial charge on any atom is -0.383 e. The zero-order chi connectivity index (χ0) is 20.9. The van der Waals surface area contributed by atoms with Crippen molar-refractivity contribution in [3.05, 3.63) is 36.8 Å². The summed E-state index contributed by atoms with van der Waals surface area (Å²) in [6.45, 7) is 1.57. The molecule has 0 aliphatic heterocycles. The molecule has 0 spiro atoms. The molecule has 1 saturated carbocycles. The van der Waals surface area contributed by atoms with Crippen LogP contribution in [0.25, 0.3) is 22.2 Å². The van der Waals surface area contributed by atoms with E-state index < -0.39 is 0 Å². The van der Waals surface area contributed by atoms with Gasteiger partial charge in [-0.2, -0.15) is 5.10 Å². The number of nitrogens with zero attached hydrogens (tertiary/aromatic N) is 4. The van der Waals surface area contributed by atoms with Gasteiger partial charge in [0.25, 0.3) is 0 Å². The largest absolute Gasteiger partial charge is 0.383 e. The number of aromatic nitrogens is 4. The highest BCUT2D eigenvalue weighted by Gasteiger charge is 2.26. The molecule has 3 heterocycles. The maximum atomic E-state index is 12.7. The van der Waals surface area contributed by atoms with Gasteiger partial charge in [-0.15, -0.1) is 0 Å². The summed E-state index contributed by atoms with van der Waals surface area (Å²) in [4.78, 5) is 21.9. The molecule has 1 amide bonds. The summed E-state index contributed by atoms with van der Waals surface area (Å²) in [5, 5.41) is 11.6. The predicted octanol–water partition coefficient (Wildman–Crippen LogP) is 2.76. The Morgan fingerprint density at radius 3 is 2.80 bits per heavy atom. The minimum absolute atomic E-state index is 0.0256. The third kappa shape index (κ3) is 4.83. The van der Waals surface area contributed by atoms with Gasteiger partial charge in [-0.05, 0) is 37.8 Å². The molecule has 0 atom stereocenters. The Morgan fingerprint density at radius 2 is 2.07 bits per heavy atom. The molecular weight excluding hydrogens is 380 g/mol. The molecule has 8 nitrogen and oxygen atoms in total. The lowest BCUT2D eigenvalue weighted by Gasteiger charge is -2.28. The van der Waals surface area contributed by atoms with Gasteiger partial charge >= 0.3 is 0 Å². The average molecular weight is 409 g/mol. The lowest BCUT2D eigenvalue weighted by molar-refractivity contribution is -0.120. The van der Waals surface area contributed by atoms with Gasteiger partial charge < -0.3 is 15.4 Å². The molecule has 1 aliphatic carbocycles. The zero-order valence-corrected chi connectivity index (χ0v) is 17.5. The van der Waals surface area contributed by atoms with Crippen LogP contribution in [0.5, 0.6) is 0 Å². The number of amides is 1. The third-order valence-corrected chi connectivity index (χ3v) is 5.66. The first-order chi connectivity index (χ1) is 14.6. The Morgan fingerprint density at radius 1 is 1.23 bits per heavy atom. The number of carbonyl (C=O) groups excluding carboxylic acids is 1. The number of anilines is 1. The van der Waals surface area contributed by atoms with Crippen LogP contribution in [0, 0.1) is 5.92 Å². The fourth-order valence-electron chi connectivity index (χ4n) is 3.95. The van der Waals surface area contributed by atoms with Crippen molar-refractivity contribution in [1.29, 1.82) is 0 Å². The molecule has 30 heavy (non-hydrogen) atoms. The molecule has 4 rings (SSSR count). The first-order valence-corrected chi connectivity index (χ1v) is 10.4. The van der Waals surface area contributed by atoms with E-state index >= 15 is 0 Å². The van der Waals surface area contributed by atoms with Crippen LogP contribution >= 0.6 is 0 Å². The summed E-state index contributed by atoms with van der Waals surface area (Å²) in [6, 6.07) is 6.25. The molecule has 158 valence electrons. The van der Waals surface area contributed by atoms with Crippen LogP contribution in [-0.2, 0) is 16.6 Å². The second-order valence-corrected chi connectivity index (χ2v) is 7.85. The molecule has 1 aliphatic rings. The molecule has 0 saturated heterocycles. The number of rotatable bonds is 7. The molecule has 3 aromatic heterocycles. The molecule has 0 bridgehead atoms. The summed E-state index contributed by atoms with van der Waals surface area (Å²) in [5.74, 6) is 0.613. The van der Waals surface area contributed by atoms with E-state index in [9.17, 15) is 4.79 Å². The van der Waals surface area contributed by atoms with E-state index in [0.717, 1.165) is 54.4 Å². The van der Waals surface area contributed by atoms with E-state index in [2.05, 4.69) is 20.7 Å². The smallest absolute Gasteiger partial charge is 0.228 e. The lowest BCUT2D eigenvalue weighted by atomic mass is 9.85. The molecule has 1 fully saturated rings. The van der Waals surface area contributed by atoms with Crippen LogP contribution in [-0.4, -0.2) is 52.0 Å². The second-order valence-electron chi connectivity index (χ2n) is 7.85. The number of aryl methyl sites for hydroxylation is 1. The van der Waals surface area contributed by atoms with Gasteiger partial charge in [0.15, 0.2) is 0 Å². The topological polar surface area (TPSA) is 94.0 Å². The maximum Gasteiger partial charge on any atom is 0.228 e. The Hall–Kier alpha value is -2.84. The van der Waals surface area contributed by atoms with Crippen LogP contribution in [0.2, 0.25) is 0 Å². The van der Waals surface area contributed by atoms with E-state index in [1.54, 1.807) is 24.2 Å². The number of carbonyl (C=O) groups is 1. The van der Waals surface area contributed by atoms with Crippen molar-refractivity contribution in [2.24, 2.45) is 13.0 Å². The number of fused-ring (bicyclic) bond motifs is 1. The van der Waals surface area contributed by atoms with E-state index in [4.69, 9.17) is 9.72 Å². The van der Waals surface area contributed by atoms with Crippen LogP contribution in [0.4, 0.5) is 5.82 Å². The zero-order valence-electron chi connectivity index (χ0n) is 17.5. The monoisotopic (exact) mass is 408 g/mol. The molecule has 0 unspecified atom stereocenters. The molecular formula is C22H28N6O2. The maximum absolute atomic E-state index is 12.7. The molecule has 0 radical (unpaired) electrons. The summed E-state index contributed by atoms with van der Waals surface area (Å²) in [7, 11) is 3.59. The van der Waals surface area contributed by atoms with Gasteiger partial charge in [0, 0.05) is 62.1 Å². The van der Waals surface area contributed by atoms with Crippen molar-refractivity contribution < 1.29 is 9.53 Å². The fraction of sp³-hybridized carbons (Fsp3) is 0.455. The van der Waals surface area contributed by atoms with E-state index in [-0.39, 0.29) is 11.8 Å². The van der Waals surface area contributed by atoms with E-state index in [0.29, 0.717) is 18.5 Å². The summed E-state index contributed by atoms with van der Waals surface area (Å²) >= 11 is 0. The third-order valence-electron chi connectivity index (χ3n) is 5.66. The number of pyridine rings is 2. The highest BCUT2D eigenvalue weighted by molar-refractivity contribution is 5.93. The van der Waals surface area contributed by atoms with Crippen LogP contribution in [0.3, 0.4) is 0 Å². The number of hydrogen-bond acceptors (Lipinski definition) is 6. The van der Waals surface area contributed by atoms with Crippen molar-refractivity contribution in [3.8, 4) is 11.3 Å². The van der Waals surface area contributed by atoms with Gasteiger partial charge in [0.1, 0.15) is 5.82 Å². The Labute approximate surface area is 176 Å². The first kappa shape index (κ1) is 20.4. The van der Waals surface area contributed by atoms with Crippen molar-refractivity contribution >= 4 is 22.6 Å². The number of methoxy groups -OCH3 is 1. The van der Waals surface area contributed by atoms with E-state index in [1.165, 1.54) is 0 Å². The Kier molecular flexibility index (Phi) is 6.35. The van der Waals surface area contributed by atoms with Crippen LogP contribution in [0.1, 0.15) is 25.7 Å². The van der Waals surface area contributed by atoms with Crippen molar-refractivity contribution in [1.82, 2.24) is 25.1 Å². The SMILES string of the molecule is COCCNC1CCC(C(=O)Nc2cc3nc(-c4cnn(C)c4)ccc3cn2)CC1. The van der Waals surface area contributed by atoms with Crippen LogP contribution < -0.4 is 10.6 Å². The van der Waals surface area contributed by atoms with Gasteiger partial charge in [0.05, 0.1) is 24.0 Å². The number of hydrogen-bond donors (Lipinski definition) is 2. The number of nitrogens with one attached hydrogen (secondary N) is 2. The normalized spacial score (nSPS) is 19.1.